The number of aliphatic imine (C=N–C) groups is 1. The molecular weight excluding hydrogens is 353 g/mol. The fourth-order valence-electron chi connectivity index (χ4n) is 2.13. The molecule has 0 bridgehead atoms. The average Bonchev–Trinajstić information content (AvgIpc) is 2.41. The number of amides is 1. The highest BCUT2D eigenvalue weighted by Crippen LogP contribution is 2.24. The van der Waals surface area contributed by atoms with E-state index >= 15 is 0 Å². The molecule has 0 radical (unpaired) electrons. The maximum absolute atomic E-state index is 12.1. The number of hydrogen-bond acceptors (Lipinski definition) is 4. The molecule has 0 unspecified atom stereocenters. The van der Waals surface area contributed by atoms with Crippen molar-refractivity contribution in [1.82, 2.24) is 4.90 Å². The lowest BCUT2D eigenvalue weighted by Gasteiger charge is -2.37. The number of nitrogens with zero attached hydrogens (tertiary/aromatic N) is 2. The molecule has 1 aromatic carbocycles. The molecule has 0 atom stereocenters. The minimum absolute atomic E-state index is 0.100. The second-order valence-electron chi connectivity index (χ2n) is 6.75. The summed E-state index contributed by atoms with van der Waals surface area (Å²) in [7, 11) is 0. The zero-order chi connectivity index (χ0) is 19.5. The van der Waals surface area contributed by atoms with Crippen molar-refractivity contribution < 1.29 is 27.4 Å². The van der Waals surface area contributed by atoms with E-state index in [9.17, 15) is 18.0 Å². The van der Waals surface area contributed by atoms with E-state index in [1.807, 2.05) is 0 Å². The third-order valence-corrected chi connectivity index (χ3v) is 3.20. The van der Waals surface area contributed by atoms with Gasteiger partial charge in [-0.1, -0.05) is 0 Å². The molecule has 3 N–H and O–H groups in total. The van der Waals surface area contributed by atoms with Crippen molar-refractivity contribution in [1.29, 1.82) is 0 Å². The van der Waals surface area contributed by atoms with Crippen LogP contribution in [0.15, 0.2) is 29.3 Å². The van der Waals surface area contributed by atoms with Crippen LogP contribution in [0.3, 0.4) is 0 Å². The molecule has 1 heterocycles. The summed E-state index contributed by atoms with van der Waals surface area (Å²) in [6.45, 7) is 6.12. The summed E-state index contributed by atoms with van der Waals surface area (Å²) in [5, 5.41) is 2.77. The van der Waals surface area contributed by atoms with E-state index in [1.165, 1.54) is 17.0 Å². The number of anilines is 1. The van der Waals surface area contributed by atoms with Crippen molar-refractivity contribution >= 4 is 17.7 Å². The second-order valence-corrected chi connectivity index (χ2v) is 6.75. The van der Waals surface area contributed by atoms with E-state index in [-0.39, 0.29) is 17.8 Å². The molecule has 2 rings (SSSR count). The largest absolute Gasteiger partial charge is 0.573 e. The van der Waals surface area contributed by atoms with Crippen LogP contribution in [-0.2, 0) is 4.74 Å². The van der Waals surface area contributed by atoms with Crippen molar-refractivity contribution in [2.45, 2.75) is 38.8 Å². The van der Waals surface area contributed by atoms with Gasteiger partial charge in [0.15, 0.2) is 5.96 Å². The number of alkyl halides is 3. The predicted molar refractivity (Wildman–Crippen MR) is 90.0 cm³/mol. The summed E-state index contributed by atoms with van der Waals surface area (Å²) in [5.41, 5.74) is 5.67. The summed E-state index contributed by atoms with van der Waals surface area (Å²) in [6.07, 6.45) is -5.14. The lowest BCUT2D eigenvalue weighted by molar-refractivity contribution is -0.274. The molecule has 1 saturated heterocycles. The first-order valence-electron chi connectivity index (χ1n) is 7.85. The Morgan fingerprint density at radius 2 is 1.81 bits per heavy atom. The van der Waals surface area contributed by atoms with Crippen LogP contribution in [0.25, 0.3) is 0 Å². The molecule has 1 amide bonds. The summed E-state index contributed by atoms with van der Waals surface area (Å²) in [4.78, 5) is 17.5. The van der Waals surface area contributed by atoms with E-state index in [4.69, 9.17) is 10.5 Å². The van der Waals surface area contributed by atoms with Gasteiger partial charge in [0.25, 0.3) is 0 Å². The first kappa shape index (κ1) is 19.7. The molecule has 0 aromatic heterocycles. The Labute approximate surface area is 149 Å². The zero-order valence-corrected chi connectivity index (χ0v) is 14.6. The number of likely N-dealkylation sites (tertiary alicyclic amines) is 1. The van der Waals surface area contributed by atoms with E-state index in [0.29, 0.717) is 18.8 Å². The van der Waals surface area contributed by atoms with E-state index < -0.39 is 18.1 Å². The smallest absolute Gasteiger partial charge is 0.444 e. The maximum Gasteiger partial charge on any atom is 0.573 e. The third kappa shape index (κ3) is 6.34. The number of hydrogen-bond donors (Lipinski definition) is 2. The molecule has 1 aliphatic rings. The highest BCUT2D eigenvalue weighted by Gasteiger charge is 2.33. The lowest BCUT2D eigenvalue weighted by Crippen LogP contribution is -2.54. The molecule has 1 fully saturated rings. The normalized spacial score (nSPS) is 16.1. The molecule has 0 saturated carbocycles. The predicted octanol–water partition coefficient (Wildman–Crippen LogP) is 2.93. The number of rotatable bonds is 3. The van der Waals surface area contributed by atoms with Crippen LogP contribution in [-0.4, -0.2) is 48.0 Å². The third-order valence-electron chi connectivity index (χ3n) is 3.20. The SMILES string of the molecule is CC(C)(C)OC(=O)N1CC(N=C(N)Nc2ccc(OC(F)(F)F)cc2)C1. The Morgan fingerprint density at radius 1 is 1.23 bits per heavy atom. The lowest BCUT2D eigenvalue weighted by atomic mass is 10.1. The minimum Gasteiger partial charge on any atom is -0.444 e. The number of benzene rings is 1. The Hall–Kier alpha value is -2.65. The number of carbonyl (C=O) groups is 1. The monoisotopic (exact) mass is 374 g/mol. The fraction of sp³-hybridized carbons (Fsp3) is 0.500. The number of ether oxygens (including phenoxy) is 2. The van der Waals surface area contributed by atoms with E-state index in [2.05, 4.69) is 15.0 Å². The van der Waals surface area contributed by atoms with Gasteiger partial charge in [-0.25, -0.2) is 9.79 Å². The zero-order valence-electron chi connectivity index (χ0n) is 14.6. The fourth-order valence-corrected chi connectivity index (χ4v) is 2.13. The number of guanidine groups is 1. The van der Waals surface area contributed by atoms with Crippen LogP contribution in [0.4, 0.5) is 23.7 Å². The van der Waals surface area contributed by atoms with Gasteiger partial charge in [-0.3, -0.25) is 0 Å². The second kappa shape index (κ2) is 7.30. The van der Waals surface area contributed by atoms with Crippen LogP contribution in [0.2, 0.25) is 0 Å². The Balaban J connectivity index is 1.82. The molecule has 1 aromatic rings. The molecule has 144 valence electrons. The van der Waals surface area contributed by atoms with Gasteiger partial charge in [-0.05, 0) is 45.0 Å². The maximum atomic E-state index is 12.1. The standard InChI is InChI=1S/C16H21F3N4O3/c1-15(2,3)26-14(24)23-8-11(9-23)22-13(20)21-10-4-6-12(7-5-10)25-16(17,18)19/h4-7,11H,8-9H2,1-3H3,(H3,20,21,22). The highest BCUT2D eigenvalue weighted by molar-refractivity contribution is 5.92. The number of halogens is 3. The van der Waals surface area contributed by atoms with Gasteiger partial charge >= 0.3 is 12.5 Å². The molecule has 0 spiro atoms. The molecule has 7 nitrogen and oxygen atoms in total. The molecule has 0 aliphatic carbocycles. The van der Waals surface area contributed by atoms with E-state index in [0.717, 1.165) is 12.1 Å². The summed E-state index contributed by atoms with van der Waals surface area (Å²) in [5.74, 6) is -0.228. The quantitative estimate of drug-likeness (QED) is 0.627. The average molecular weight is 374 g/mol. The number of nitrogens with two attached hydrogens (primary N) is 1. The van der Waals surface area contributed by atoms with Crippen LogP contribution in [0, 0.1) is 0 Å². The Bertz CT molecular complexity index is 663. The van der Waals surface area contributed by atoms with Crippen molar-refractivity contribution in [3.63, 3.8) is 0 Å². The van der Waals surface area contributed by atoms with Gasteiger partial charge < -0.3 is 25.4 Å². The van der Waals surface area contributed by atoms with Crippen LogP contribution < -0.4 is 15.8 Å². The summed E-state index contributed by atoms with van der Waals surface area (Å²) < 4.78 is 45.3. The molecule has 10 heteroatoms. The highest BCUT2D eigenvalue weighted by atomic mass is 19.4. The van der Waals surface area contributed by atoms with Gasteiger partial charge in [0.2, 0.25) is 0 Å². The topological polar surface area (TPSA) is 89.2 Å². The van der Waals surface area contributed by atoms with Crippen LogP contribution in [0.5, 0.6) is 5.75 Å². The van der Waals surface area contributed by atoms with Crippen molar-refractivity contribution in [2.75, 3.05) is 18.4 Å². The van der Waals surface area contributed by atoms with Gasteiger partial charge in [0.05, 0.1) is 6.04 Å². The van der Waals surface area contributed by atoms with Crippen LogP contribution >= 0.6 is 0 Å². The van der Waals surface area contributed by atoms with E-state index in [1.54, 1.807) is 20.8 Å². The van der Waals surface area contributed by atoms with Crippen LogP contribution in [0.1, 0.15) is 20.8 Å². The van der Waals surface area contributed by atoms with Gasteiger partial charge in [-0.2, -0.15) is 0 Å². The summed E-state index contributed by atoms with van der Waals surface area (Å²) in [6, 6.07) is 4.94. The summed E-state index contributed by atoms with van der Waals surface area (Å²) >= 11 is 0. The van der Waals surface area contributed by atoms with Crippen molar-refractivity contribution in [2.24, 2.45) is 10.7 Å². The first-order chi connectivity index (χ1) is 11.9. The molecule has 26 heavy (non-hydrogen) atoms. The molecular formula is C16H21F3N4O3. The van der Waals surface area contributed by atoms with Gasteiger partial charge in [0, 0.05) is 18.8 Å². The molecule has 1 aliphatic heterocycles. The first-order valence-corrected chi connectivity index (χ1v) is 7.85. The Kier molecular flexibility index (Phi) is 5.53. The van der Waals surface area contributed by atoms with Gasteiger partial charge in [-0.15, -0.1) is 13.2 Å². The number of carbonyl (C=O) groups excluding carboxylic acids is 1. The minimum atomic E-state index is -4.74. The van der Waals surface area contributed by atoms with Crippen molar-refractivity contribution in [3.05, 3.63) is 24.3 Å². The van der Waals surface area contributed by atoms with Gasteiger partial charge in [0.1, 0.15) is 11.4 Å². The number of nitrogens with one attached hydrogen (secondary N) is 1. The Morgan fingerprint density at radius 3 is 2.31 bits per heavy atom. The van der Waals surface area contributed by atoms with Crippen molar-refractivity contribution in [3.8, 4) is 5.75 Å².